The molecular weight excluding hydrogens is 312 g/mol. The Bertz CT molecular complexity index is 695. The highest BCUT2D eigenvalue weighted by atomic mass is 14.5. The molecule has 3 aliphatic carbocycles. The monoisotopic (exact) mass is 346 g/mol. The molecule has 2 bridgehead atoms. The van der Waals surface area contributed by atoms with Crippen molar-refractivity contribution in [2.24, 2.45) is 10.8 Å². The molecule has 26 heavy (non-hydrogen) atoms. The molecule has 0 saturated heterocycles. The molecule has 138 valence electrons. The van der Waals surface area contributed by atoms with Gasteiger partial charge in [0.2, 0.25) is 0 Å². The van der Waals surface area contributed by atoms with Gasteiger partial charge in [-0.1, -0.05) is 68.8 Å². The maximum absolute atomic E-state index is 2.41. The predicted molar refractivity (Wildman–Crippen MR) is 112 cm³/mol. The van der Waals surface area contributed by atoms with Gasteiger partial charge in [-0.2, -0.15) is 0 Å². The average Bonchev–Trinajstić information content (AvgIpc) is 2.71. The Morgan fingerprint density at radius 1 is 0.577 bits per heavy atom. The molecule has 0 atom stereocenters. The Morgan fingerprint density at radius 2 is 1.00 bits per heavy atom. The number of rotatable bonds is 6. The maximum Gasteiger partial charge on any atom is -0.00258 e. The molecule has 2 aromatic rings. The van der Waals surface area contributed by atoms with Crippen molar-refractivity contribution in [3.8, 4) is 0 Å². The van der Waals surface area contributed by atoms with Gasteiger partial charge in [0.15, 0.2) is 0 Å². The molecule has 3 fully saturated rings. The summed E-state index contributed by atoms with van der Waals surface area (Å²) in [5.74, 6) is 0. The molecule has 3 saturated carbocycles. The van der Waals surface area contributed by atoms with E-state index in [4.69, 9.17) is 0 Å². The SMILES string of the molecule is CCc1ccc(Cc2ccc(CC34CCC(CC)(CC3)CC4)cc2)cc1. The van der Waals surface area contributed by atoms with Gasteiger partial charge in [-0.3, -0.25) is 0 Å². The molecule has 0 amide bonds. The minimum Gasteiger partial charge on any atom is -0.0649 e. The summed E-state index contributed by atoms with van der Waals surface area (Å²) in [5, 5.41) is 0. The Balaban J connectivity index is 1.39. The highest BCUT2D eigenvalue weighted by molar-refractivity contribution is 5.31. The Hall–Kier alpha value is -1.56. The van der Waals surface area contributed by atoms with Crippen molar-refractivity contribution >= 4 is 0 Å². The van der Waals surface area contributed by atoms with Crippen molar-refractivity contribution in [3.63, 3.8) is 0 Å². The van der Waals surface area contributed by atoms with Gasteiger partial charge in [0.25, 0.3) is 0 Å². The van der Waals surface area contributed by atoms with Crippen molar-refractivity contribution in [1.82, 2.24) is 0 Å². The Morgan fingerprint density at radius 3 is 1.46 bits per heavy atom. The molecule has 0 spiro atoms. The molecule has 0 unspecified atom stereocenters. The smallest absolute Gasteiger partial charge is 0.00258 e. The highest BCUT2D eigenvalue weighted by Crippen LogP contribution is 2.59. The van der Waals surface area contributed by atoms with Crippen molar-refractivity contribution in [2.45, 2.75) is 78.1 Å². The lowest BCUT2D eigenvalue weighted by Crippen LogP contribution is -2.42. The second kappa shape index (κ2) is 7.22. The van der Waals surface area contributed by atoms with E-state index in [1.165, 1.54) is 68.1 Å². The van der Waals surface area contributed by atoms with Gasteiger partial charge in [0.05, 0.1) is 0 Å². The topological polar surface area (TPSA) is 0 Å². The van der Waals surface area contributed by atoms with Crippen LogP contribution < -0.4 is 0 Å². The van der Waals surface area contributed by atoms with E-state index in [0.29, 0.717) is 5.41 Å². The summed E-state index contributed by atoms with van der Waals surface area (Å²) >= 11 is 0. The highest BCUT2D eigenvalue weighted by Gasteiger charge is 2.47. The lowest BCUT2D eigenvalue weighted by Gasteiger charge is -2.53. The van der Waals surface area contributed by atoms with Gasteiger partial charge in [-0.15, -0.1) is 0 Å². The van der Waals surface area contributed by atoms with Crippen molar-refractivity contribution in [2.75, 3.05) is 0 Å². The van der Waals surface area contributed by atoms with Crippen LogP contribution in [0.3, 0.4) is 0 Å². The fourth-order valence-corrected chi connectivity index (χ4v) is 5.47. The summed E-state index contributed by atoms with van der Waals surface area (Å²) in [7, 11) is 0. The van der Waals surface area contributed by atoms with Crippen LogP contribution in [-0.2, 0) is 19.3 Å². The van der Waals surface area contributed by atoms with E-state index in [1.54, 1.807) is 5.56 Å². The van der Waals surface area contributed by atoms with E-state index < -0.39 is 0 Å². The maximum atomic E-state index is 2.41. The van der Waals surface area contributed by atoms with Gasteiger partial charge < -0.3 is 0 Å². The Labute approximate surface area is 160 Å². The standard InChI is InChI=1S/C26H34/c1-3-21-5-7-22(8-6-21)19-23-9-11-24(12-10-23)20-26-16-13-25(4-2,14-17-26)15-18-26/h5-12H,3-4,13-20H2,1-2H3. The van der Waals surface area contributed by atoms with Crippen LogP contribution in [0.1, 0.15) is 81.0 Å². The van der Waals surface area contributed by atoms with Crippen molar-refractivity contribution in [3.05, 3.63) is 70.8 Å². The fraction of sp³-hybridized carbons (Fsp3) is 0.538. The zero-order chi connectivity index (χ0) is 18.0. The third-order valence-electron chi connectivity index (χ3n) is 7.75. The lowest BCUT2D eigenvalue weighted by molar-refractivity contribution is -0.0109. The van der Waals surface area contributed by atoms with Gasteiger partial charge >= 0.3 is 0 Å². The molecule has 0 N–H and O–H groups in total. The summed E-state index contributed by atoms with van der Waals surface area (Å²) < 4.78 is 0. The molecule has 0 nitrogen and oxygen atoms in total. The van der Waals surface area contributed by atoms with E-state index in [9.17, 15) is 0 Å². The summed E-state index contributed by atoms with van der Waals surface area (Å²) in [4.78, 5) is 0. The van der Waals surface area contributed by atoms with Crippen LogP contribution in [0.25, 0.3) is 0 Å². The average molecular weight is 347 g/mol. The van der Waals surface area contributed by atoms with Crippen molar-refractivity contribution in [1.29, 1.82) is 0 Å². The van der Waals surface area contributed by atoms with Gasteiger partial charge in [-0.05, 0) is 90.9 Å². The zero-order valence-electron chi connectivity index (χ0n) is 16.7. The van der Waals surface area contributed by atoms with Crippen molar-refractivity contribution < 1.29 is 0 Å². The van der Waals surface area contributed by atoms with Crippen LogP contribution in [0.4, 0.5) is 0 Å². The predicted octanol–water partition coefficient (Wildman–Crippen LogP) is 7.13. The summed E-state index contributed by atoms with van der Waals surface area (Å²) in [6, 6.07) is 18.6. The fourth-order valence-electron chi connectivity index (χ4n) is 5.47. The molecule has 0 radical (unpaired) electrons. The number of hydrogen-bond acceptors (Lipinski definition) is 0. The Kier molecular flexibility index (Phi) is 4.95. The van der Waals surface area contributed by atoms with Crippen LogP contribution in [0.5, 0.6) is 0 Å². The van der Waals surface area contributed by atoms with E-state index in [2.05, 4.69) is 62.4 Å². The van der Waals surface area contributed by atoms with Crippen LogP contribution in [0, 0.1) is 10.8 Å². The zero-order valence-corrected chi connectivity index (χ0v) is 16.7. The first-order valence-corrected chi connectivity index (χ1v) is 10.8. The van der Waals surface area contributed by atoms with Crippen LogP contribution in [-0.4, -0.2) is 0 Å². The normalized spacial score (nSPS) is 27.6. The van der Waals surface area contributed by atoms with Crippen LogP contribution >= 0.6 is 0 Å². The molecule has 0 heteroatoms. The second-order valence-corrected chi connectivity index (χ2v) is 9.19. The third-order valence-corrected chi connectivity index (χ3v) is 7.75. The van der Waals surface area contributed by atoms with Crippen LogP contribution in [0.2, 0.25) is 0 Å². The second-order valence-electron chi connectivity index (χ2n) is 9.19. The molecular formula is C26H34. The number of hydrogen-bond donors (Lipinski definition) is 0. The molecule has 0 aromatic heterocycles. The summed E-state index contributed by atoms with van der Waals surface area (Å²) in [6.07, 6.45) is 13.7. The minimum absolute atomic E-state index is 0.619. The van der Waals surface area contributed by atoms with E-state index in [-0.39, 0.29) is 0 Å². The first-order chi connectivity index (χ1) is 12.6. The van der Waals surface area contributed by atoms with Gasteiger partial charge in [0, 0.05) is 0 Å². The molecule has 5 rings (SSSR count). The third kappa shape index (κ3) is 3.61. The van der Waals surface area contributed by atoms with E-state index >= 15 is 0 Å². The minimum atomic E-state index is 0.619. The van der Waals surface area contributed by atoms with E-state index in [1.807, 2.05) is 0 Å². The molecule has 2 aromatic carbocycles. The molecule has 0 aliphatic heterocycles. The van der Waals surface area contributed by atoms with Gasteiger partial charge in [-0.25, -0.2) is 0 Å². The largest absolute Gasteiger partial charge is 0.0649 e. The molecule has 0 heterocycles. The summed E-state index contributed by atoms with van der Waals surface area (Å²) in [6.45, 7) is 4.63. The van der Waals surface area contributed by atoms with Gasteiger partial charge in [0.1, 0.15) is 0 Å². The van der Waals surface area contributed by atoms with E-state index in [0.717, 1.165) is 18.3 Å². The molecule has 3 aliphatic rings. The first-order valence-electron chi connectivity index (χ1n) is 10.8. The quantitative estimate of drug-likeness (QED) is 0.522. The number of fused-ring (bicyclic) bond motifs is 3. The summed E-state index contributed by atoms with van der Waals surface area (Å²) in [5.41, 5.74) is 7.18. The number of benzene rings is 2. The van der Waals surface area contributed by atoms with Crippen LogP contribution in [0.15, 0.2) is 48.5 Å². The lowest BCUT2D eigenvalue weighted by atomic mass is 9.52. The first kappa shape index (κ1) is 17.8. The number of aryl methyl sites for hydroxylation is 1.